The summed E-state index contributed by atoms with van der Waals surface area (Å²) < 4.78 is 5.01. The van der Waals surface area contributed by atoms with Gasteiger partial charge in [-0.25, -0.2) is 0 Å². The van der Waals surface area contributed by atoms with E-state index >= 15 is 0 Å². The molecule has 288 valence electrons. The largest absolute Gasteiger partial charge is 0.307 e. The van der Waals surface area contributed by atoms with Crippen LogP contribution in [-0.2, 0) is 21.7 Å². The molecule has 3 nitrogen and oxygen atoms in total. The van der Waals surface area contributed by atoms with Gasteiger partial charge in [0.25, 0.3) is 0 Å². The van der Waals surface area contributed by atoms with Crippen LogP contribution in [0.3, 0.4) is 0 Å². The standard InChI is InChI=1S/C54H57N3/c1-33-25-49(56-45-21-17-36(51(2,3)4)27-41(45)42-28-37(52(5,6)7)18-22-46(42)56)50(31-40(33)35-16-14-15-34(26-35)32-55)57-47-23-19-38(53(8,9)10)29-43(47)44-30-39(54(11,12)13)20-24-48(44)57/h14-31H,1-13H3. The molecule has 2 heterocycles. The van der Waals surface area contributed by atoms with Gasteiger partial charge in [0.2, 0.25) is 0 Å². The van der Waals surface area contributed by atoms with Crippen LogP contribution in [0.2, 0.25) is 0 Å². The maximum atomic E-state index is 9.93. The Morgan fingerprint density at radius 3 is 1.11 bits per heavy atom. The topological polar surface area (TPSA) is 33.6 Å². The summed E-state index contributed by atoms with van der Waals surface area (Å²) in [6.45, 7) is 29.8. The Hall–Kier alpha value is -5.59. The van der Waals surface area contributed by atoms with Crippen molar-refractivity contribution in [3.8, 4) is 28.6 Å². The van der Waals surface area contributed by atoms with E-state index in [1.807, 2.05) is 18.2 Å². The minimum absolute atomic E-state index is 0.00101. The van der Waals surface area contributed by atoms with Crippen LogP contribution in [0, 0.1) is 18.3 Å². The first-order valence-corrected chi connectivity index (χ1v) is 20.5. The van der Waals surface area contributed by atoms with Crippen LogP contribution < -0.4 is 0 Å². The Balaban J connectivity index is 1.56. The van der Waals surface area contributed by atoms with Crippen molar-refractivity contribution in [2.75, 3.05) is 0 Å². The van der Waals surface area contributed by atoms with Gasteiger partial charge in [-0.15, -0.1) is 0 Å². The number of nitriles is 1. The van der Waals surface area contributed by atoms with Crippen LogP contribution in [0.1, 0.15) is 116 Å². The molecule has 0 aliphatic carbocycles. The molecule has 0 spiro atoms. The smallest absolute Gasteiger partial charge is 0.0991 e. The summed E-state index contributed by atoms with van der Waals surface area (Å²) in [6, 6.07) is 43.5. The van der Waals surface area contributed by atoms with Crippen molar-refractivity contribution in [2.45, 2.75) is 112 Å². The van der Waals surface area contributed by atoms with Crippen molar-refractivity contribution in [1.29, 1.82) is 5.26 Å². The number of aryl methyl sites for hydroxylation is 1. The summed E-state index contributed by atoms with van der Waals surface area (Å²) in [6.07, 6.45) is 0. The molecule has 0 unspecified atom stereocenters. The molecule has 0 radical (unpaired) electrons. The Bertz CT molecular complexity index is 2800. The molecule has 0 amide bonds. The fourth-order valence-corrected chi connectivity index (χ4v) is 8.54. The second-order valence-electron chi connectivity index (χ2n) is 20.4. The van der Waals surface area contributed by atoms with Gasteiger partial charge in [-0.05, 0) is 140 Å². The van der Waals surface area contributed by atoms with Crippen LogP contribution in [-0.4, -0.2) is 9.13 Å². The molecule has 0 bridgehead atoms. The number of aromatic nitrogens is 2. The van der Waals surface area contributed by atoms with Crippen LogP contribution in [0.5, 0.6) is 0 Å². The van der Waals surface area contributed by atoms with Crippen molar-refractivity contribution in [1.82, 2.24) is 9.13 Å². The highest BCUT2D eigenvalue weighted by Gasteiger charge is 2.26. The van der Waals surface area contributed by atoms with Gasteiger partial charge in [-0.1, -0.05) is 119 Å². The van der Waals surface area contributed by atoms with Crippen molar-refractivity contribution in [2.24, 2.45) is 0 Å². The third-order valence-electron chi connectivity index (χ3n) is 12.1. The summed E-state index contributed by atoms with van der Waals surface area (Å²) in [5.74, 6) is 0. The molecule has 8 aromatic rings. The number of hydrogen-bond acceptors (Lipinski definition) is 1. The van der Waals surface area contributed by atoms with E-state index in [0.717, 1.165) is 28.1 Å². The molecular formula is C54H57N3. The lowest BCUT2D eigenvalue weighted by Gasteiger charge is -2.22. The van der Waals surface area contributed by atoms with E-state index in [1.54, 1.807) is 0 Å². The summed E-state index contributed by atoms with van der Waals surface area (Å²) in [7, 11) is 0. The first kappa shape index (κ1) is 38.3. The third kappa shape index (κ3) is 6.54. The number of benzene rings is 6. The SMILES string of the molecule is Cc1cc(-n2c3ccc(C(C)(C)C)cc3c3cc(C(C)(C)C)ccc32)c(-n2c3ccc(C(C)(C)C)cc3c3cc(C(C)(C)C)ccc32)cc1-c1cccc(C#N)c1. The average molecular weight is 748 g/mol. The molecule has 2 aromatic heterocycles. The number of rotatable bonds is 3. The van der Waals surface area contributed by atoms with Crippen molar-refractivity contribution in [3.05, 3.63) is 143 Å². The molecule has 0 aliphatic heterocycles. The van der Waals surface area contributed by atoms with Crippen LogP contribution in [0.25, 0.3) is 66.1 Å². The molecule has 57 heavy (non-hydrogen) atoms. The summed E-state index contributed by atoms with van der Waals surface area (Å²) in [4.78, 5) is 0. The highest BCUT2D eigenvalue weighted by molar-refractivity contribution is 6.12. The van der Waals surface area contributed by atoms with E-state index in [4.69, 9.17) is 0 Å². The molecule has 0 fully saturated rings. The lowest BCUT2D eigenvalue weighted by atomic mass is 9.85. The second kappa shape index (κ2) is 13.0. The van der Waals surface area contributed by atoms with Gasteiger partial charge in [0.15, 0.2) is 0 Å². The van der Waals surface area contributed by atoms with Crippen molar-refractivity contribution >= 4 is 43.6 Å². The molecule has 8 rings (SSSR count). The van der Waals surface area contributed by atoms with Crippen LogP contribution in [0.4, 0.5) is 0 Å². The third-order valence-corrected chi connectivity index (χ3v) is 12.1. The van der Waals surface area contributed by atoms with Gasteiger partial charge >= 0.3 is 0 Å². The van der Waals surface area contributed by atoms with E-state index in [9.17, 15) is 5.26 Å². The van der Waals surface area contributed by atoms with Crippen molar-refractivity contribution < 1.29 is 0 Å². The van der Waals surface area contributed by atoms with Gasteiger partial charge in [-0.2, -0.15) is 5.26 Å². The van der Waals surface area contributed by atoms with Crippen LogP contribution >= 0.6 is 0 Å². The quantitative estimate of drug-likeness (QED) is 0.177. The highest BCUT2D eigenvalue weighted by atomic mass is 15.1. The van der Waals surface area contributed by atoms with Gasteiger partial charge in [0.05, 0.1) is 45.1 Å². The average Bonchev–Trinajstić information content (AvgIpc) is 3.64. The first-order chi connectivity index (χ1) is 26.6. The summed E-state index contributed by atoms with van der Waals surface area (Å²) >= 11 is 0. The zero-order chi connectivity index (χ0) is 41.0. The van der Waals surface area contributed by atoms with E-state index in [1.165, 1.54) is 65.9 Å². The minimum atomic E-state index is -0.00101. The Morgan fingerprint density at radius 1 is 0.421 bits per heavy atom. The van der Waals surface area contributed by atoms with Gasteiger partial charge in [0.1, 0.15) is 0 Å². The zero-order valence-corrected chi connectivity index (χ0v) is 36.2. The lowest BCUT2D eigenvalue weighted by Crippen LogP contribution is -2.11. The fraction of sp³-hybridized carbons (Fsp3) is 0.315. The Kier molecular flexibility index (Phi) is 8.71. The molecule has 0 saturated heterocycles. The predicted octanol–water partition coefficient (Wildman–Crippen LogP) is 14.9. The predicted molar refractivity (Wildman–Crippen MR) is 245 cm³/mol. The monoisotopic (exact) mass is 747 g/mol. The van der Waals surface area contributed by atoms with Crippen LogP contribution in [0.15, 0.2) is 109 Å². The molecule has 0 atom stereocenters. The second-order valence-corrected chi connectivity index (χ2v) is 20.4. The molecular weight excluding hydrogens is 691 g/mol. The Labute approximate surface area is 339 Å². The van der Waals surface area contributed by atoms with E-state index in [-0.39, 0.29) is 21.7 Å². The number of fused-ring (bicyclic) bond motifs is 6. The van der Waals surface area contributed by atoms with E-state index < -0.39 is 0 Å². The fourth-order valence-electron chi connectivity index (χ4n) is 8.54. The maximum absolute atomic E-state index is 9.93. The normalized spacial score (nSPS) is 13.0. The van der Waals surface area contributed by atoms with Gasteiger partial charge in [0, 0.05) is 21.5 Å². The first-order valence-electron chi connectivity index (χ1n) is 20.5. The molecule has 3 heteroatoms. The minimum Gasteiger partial charge on any atom is -0.307 e. The molecule has 0 N–H and O–H groups in total. The van der Waals surface area contributed by atoms with Crippen molar-refractivity contribution in [3.63, 3.8) is 0 Å². The number of nitrogens with zero attached hydrogens (tertiary/aromatic N) is 3. The Morgan fingerprint density at radius 2 is 0.772 bits per heavy atom. The van der Waals surface area contributed by atoms with E-state index in [0.29, 0.717) is 5.56 Å². The summed E-state index contributed by atoms with van der Waals surface area (Å²) in [5.41, 5.74) is 16.2. The van der Waals surface area contributed by atoms with E-state index in [2.05, 4.69) is 196 Å². The zero-order valence-electron chi connectivity index (χ0n) is 36.2. The number of hydrogen-bond donors (Lipinski definition) is 0. The van der Waals surface area contributed by atoms with Gasteiger partial charge < -0.3 is 9.13 Å². The molecule has 0 saturated carbocycles. The molecule has 0 aliphatic rings. The molecule has 6 aromatic carbocycles. The van der Waals surface area contributed by atoms with Gasteiger partial charge in [-0.3, -0.25) is 0 Å². The highest BCUT2D eigenvalue weighted by Crippen LogP contribution is 2.44. The maximum Gasteiger partial charge on any atom is 0.0991 e. The lowest BCUT2D eigenvalue weighted by molar-refractivity contribution is 0.590. The summed E-state index contributed by atoms with van der Waals surface area (Å²) in [5, 5.41) is 15.0.